The van der Waals surface area contributed by atoms with Crippen molar-refractivity contribution in [2.24, 2.45) is 0 Å². The quantitative estimate of drug-likeness (QED) is 0.636. The van der Waals surface area contributed by atoms with Gasteiger partial charge in [-0.05, 0) is 18.9 Å². The zero-order chi connectivity index (χ0) is 14.5. The Hall–Kier alpha value is -0.750. The van der Waals surface area contributed by atoms with Gasteiger partial charge in [-0.1, -0.05) is 6.08 Å². The average molecular weight is 357 g/mol. The van der Waals surface area contributed by atoms with Gasteiger partial charge in [-0.15, -0.1) is 31.4 Å². The zero-order valence-electron chi connectivity index (χ0n) is 12.2. The van der Waals surface area contributed by atoms with Gasteiger partial charge >= 0.3 is 0 Å². The molecule has 2 rings (SSSR count). The van der Waals surface area contributed by atoms with Gasteiger partial charge in [0.2, 0.25) is 0 Å². The van der Waals surface area contributed by atoms with E-state index in [-0.39, 0.29) is 36.4 Å². The number of nitrogens with one attached hydrogen (secondary N) is 1. The van der Waals surface area contributed by atoms with Crippen LogP contribution in [0.5, 0.6) is 0 Å². The van der Waals surface area contributed by atoms with Gasteiger partial charge in [0.1, 0.15) is 5.82 Å². The molecule has 1 atom stereocenters. The van der Waals surface area contributed by atoms with E-state index in [1.807, 2.05) is 0 Å². The lowest BCUT2D eigenvalue weighted by Gasteiger charge is -2.35. The molecule has 22 heavy (non-hydrogen) atoms. The molecular formula is C15H21Cl2F3N2. The van der Waals surface area contributed by atoms with Crippen LogP contribution in [0.25, 0.3) is 0 Å². The molecule has 1 heterocycles. The van der Waals surface area contributed by atoms with Crippen LogP contribution in [-0.4, -0.2) is 31.1 Å². The van der Waals surface area contributed by atoms with Crippen molar-refractivity contribution in [2.75, 3.05) is 26.2 Å². The molecule has 1 fully saturated rings. The van der Waals surface area contributed by atoms with E-state index in [0.717, 1.165) is 32.2 Å². The summed E-state index contributed by atoms with van der Waals surface area (Å²) in [6.07, 6.45) is 3.10. The Balaban J connectivity index is 0.00000220. The van der Waals surface area contributed by atoms with E-state index in [1.54, 1.807) is 6.08 Å². The number of benzene rings is 1. The number of halogens is 5. The Morgan fingerprint density at radius 3 is 2.27 bits per heavy atom. The highest BCUT2D eigenvalue weighted by Gasteiger charge is 2.25. The van der Waals surface area contributed by atoms with Crippen LogP contribution >= 0.6 is 24.8 Å². The second kappa shape index (κ2) is 10.1. The van der Waals surface area contributed by atoms with E-state index >= 15 is 0 Å². The molecule has 1 aromatic rings. The summed E-state index contributed by atoms with van der Waals surface area (Å²) in [7, 11) is 0. The van der Waals surface area contributed by atoms with Gasteiger partial charge in [0.25, 0.3) is 0 Å². The molecule has 0 saturated carbocycles. The average Bonchev–Trinajstić information content (AvgIpc) is 2.45. The van der Waals surface area contributed by atoms with E-state index in [1.165, 1.54) is 0 Å². The van der Waals surface area contributed by atoms with Crippen molar-refractivity contribution >= 4 is 24.8 Å². The highest BCUT2D eigenvalue weighted by Crippen LogP contribution is 2.29. The zero-order valence-corrected chi connectivity index (χ0v) is 13.8. The van der Waals surface area contributed by atoms with Crippen LogP contribution in [0.4, 0.5) is 13.2 Å². The van der Waals surface area contributed by atoms with Gasteiger partial charge in [0, 0.05) is 43.9 Å². The molecule has 126 valence electrons. The number of hydrogen-bond donors (Lipinski definition) is 1. The normalized spacial score (nSPS) is 16.3. The number of allylic oxidation sites excluding steroid dienone is 1. The molecule has 0 amide bonds. The van der Waals surface area contributed by atoms with Crippen molar-refractivity contribution < 1.29 is 13.2 Å². The maximum Gasteiger partial charge on any atom is 0.161 e. The Kier molecular flexibility index (Phi) is 9.76. The smallest absolute Gasteiger partial charge is 0.161 e. The van der Waals surface area contributed by atoms with Crippen molar-refractivity contribution in [3.8, 4) is 0 Å². The molecule has 1 saturated heterocycles. The first kappa shape index (κ1) is 21.2. The third-order valence-electron chi connectivity index (χ3n) is 3.64. The third-order valence-corrected chi connectivity index (χ3v) is 3.64. The molecule has 0 bridgehead atoms. The van der Waals surface area contributed by atoms with Gasteiger partial charge in [0.15, 0.2) is 11.6 Å². The fourth-order valence-electron chi connectivity index (χ4n) is 2.60. The van der Waals surface area contributed by atoms with Crippen LogP contribution in [0.15, 0.2) is 24.8 Å². The first-order chi connectivity index (χ1) is 9.63. The Morgan fingerprint density at radius 1 is 1.09 bits per heavy atom. The van der Waals surface area contributed by atoms with Crippen molar-refractivity contribution in [3.05, 3.63) is 47.8 Å². The van der Waals surface area contributed by atoms with Gasteiger partial charge in [-0.2, -0.15) is 0 Å². The van der Waals surface area contributed by atoms with E-state index < -0.39 is 17.5 Å². The predicted octanol–water partition coefficient (Wildman–Crippen LogP) is 3.86. The largest absolute Gasteiger partial charge is 0.314 e. The van der Waals surface area contributed by atoms with E-state index in [9.17, 15) is 13.2 Å². The van der Waals surface area contributed by atoms with Crippen LogP contribution in [0.2, 0.25) is 0 Å². The van der Waals surface area contributed by atoms with E-state index in [0.29, 0.717) is 18.9 Å². The van der Waals surface area contributed by atoms with Crippen LogP contribution < -0.4 is 5.32 Å². The van der Waals surface area contributed by atoms with Crippen LogP contribution in [0.3, 0.4) is 0 Å². The molecule has 1 N–H and O–H groups in total. The first-order valence-electron chi connectivity index (χ1n) is 6.83. The van der Waals surface area contributed by atoms with E-state index in [2.05, 4.69) is 16.8 Å². The molecule has 2 nitrogen and oxygen atoms in total. The van der Waals surface area contributed by atoms with Crippen LogP contribution in [0.1, 0.15) is 24.4 Å². The standard InChI is InChI=1S/C15H19F3N2.2ClH/c1-2-3-4-15(20-7-5-19-6-8-20)11-9-13(17)14(18)10-12(11)16;;/h2,9-10,15,19H,1,3-8H2;2*1H/t15-;;/m1../s1. The second-order valence-electron chi connectivity index (χ2n) is 4.96. The highest BCUT2D eigenvalue weighted by atomic mass is 35.5. The monoisotopic (exact) mass is 356 g/mol. The van der Waals surface area contributed by atoms with Gasteiger partial charge in [0.05, 0.1) is 0 Å². The predicted molar refractivity (Wildman–Crippen MR) is 87.4 cm³/mol. The lowest BCUT2D eigenvalue weighted by molar-refractivity contribution is 0.162. The molecule has 1 aliphatic rings. The first-order valence-corrected chi connectivity index (χ1v) is 6.83. The molecule has 1 aromatic carbocycles. The maximum absolute atomic E-state index is 14.0. The Labute approximate surface area is 141 Å². The number of rotatable bonds is 5. The summed E-state index contributed by atoms with van der Waals surface area (Å²) < 4.78 is 40.5. The van der Waals surface area contributed by atoms with Gasteiger partial charge < -0.3 is 5.32 Å². The number of nitrogens with zero attached hydrogens (tertiary/aromatic N) is 1. The topological polar surface area (TPSA) is 15.3 Å². The highest BCUT2D eigenvalue weighted by molar-refractivity contribution is 5.85. The Morgan fingerprint density at radius 2 is 1.68 bits per heavy atom. The minimum atomic E-state index is -1.14. The van der Waals surface area contributed by atoms with Crippen molar-refractivity contribution in [3.63, 3.8) is 0 Å². The summed E-state index contributed by atoms with van der Waals surface area (Å²) in [5.41, 5.74) is 0.229. The summed E-state index contributed by atoms with van der Waals surface area (Å²) >= 11 is 0. The Bertz CT molecular complexity index is 480. The molecule has 0 radical (unpaired) electrons. The summed E-state index contributed by atoms with van der Waals surface area (Å²) in [4.78, 5) is 2.11. The summed E-state index contributed by atoms with van der Waals surface area (Å²) in [5, 5.41) is 3.22. The van der Waals surface area contributed by atoms with Crippen molar-refractivity contribution in [2.45, 2.75) is 18.9 Å². The van der Waals surface area contributed by atoms with Gasteiger partial charge in [-0.3, -0.25) is 4.90 Å². The molecule has 0 spiro atoms. The second-order valence-corrected chi connectivity index (χ2v) is 4.96. The minimum Gasteiger partial charge on any atom is -0.314 e. The van der Waals surface area contributed by atoms with Crippen molar-refractivity contribution in [1.29, 1.82) is 0 Å². The fourth-order valence-corrected chi connectivity index (χ4v) is 2.60. The molecule has 0 aliphatic carbocycles. The number of hydrogen-bond acceptors (Lipinski definition) is 2. The van der Waals surface area contributed by atoms with Crippen molar-refractivity contribution in [1.82, 2.24) is 10.2 Å². The summed E-state index contributed by atoms with van der Waals surface area (Å²) in [6.45, 7) is 6.83. The molecular weight excluding hydrogens is 336 g/mol. The summed E-state index contributed by atoms with van der Waals surface area (Å²) in [5.74, 6) is -2.83. The third kappa shape index (κ3) is 5.16. The molecule has 0 aromatic heterocycles. The van der Waals surface area contributed by atoms with Crippen LogP contribution in [0, 0.1) is 17.5 Å². The maximum atomic E-state index is 14.0. The lowest BCUT2D eigenvalue weighted by atomic mass is 9.98. The van der Waals surface area contributed by atoms with Gasteiger partial charge in [-0.25, -0.2) is 13.2 Å². The molecule has 0 unspecified atom stereocenters. The van der Waals surface area contributed by atoms with Crippen LogP contribution in [-0.2, 0) is 0 Å². The molecule has 1 aliphatic heterocycles. The SMILES string of the molecule is C=CCC[C@H](c1cc(F)c(F)cc1F)N1CCNCC1.Cl.Cl. The summed E-state index contributed by atoms with van der Waals surface area (Å²) in [6, 6.07) is 1.37. The number of piperazine rings is 1. The fraction of sp³-hybridized carbons (Fsp3) is 0.467. The van der Waals surface area contributed by atoms with E-state index in [4.69, 9.17) is 0 Å². The lowest BCUT2D eigenvalue weighted by Crippen LogP contribution is -2.45. The minimum absolute atomic E-state index is 0. The molecule has 7 heteroatoms.